The number of thioether (sulfide) groups is 1. The average molecular weight is 320 g/mol. The summed E-state index contributed by atoms with van der Waals surface area (Å²) in [5.41, 5.74) is 1.08. The lowest BCUT2D eigenvalue weighted by atomic mass is 10.2. The van der Waals surface area contributed by atoms with Gasteiger partial charge in [-0.1, -0.05) is 42.6 Å². The zero-order chi connectivity index (χ0) is 14.3. The van der Waals surface area contributed by atoms with Gasteiger partial charge in [0.15, 0.2) is 0 Å². The topological polar surface area (TPSA) is 29.1 Å². The number of hydrogen-bond acceptors (Lipinski definition) is 2. The van der Waals surface area contributed by atoms with Crippen LogP contribution in [0.1, 0.15) is 32.3 Å². The van der Waals surface area contributed by atoms with E-state index < -0.39 is 0 Å². The van der Waals surface area contributed by atoms with E-state index in [2.05, 4.69) is 12.2 Å². The molecule has 0 aliphatic carbocycles. The van der Waals surface area contributed by atoms with Crippen molar-refractivity contribution in [2.45, 2.75) is 38.5 Å². The minimum Gasteiger partial charge on any atom is -0.353 e. The van der Waals surface area contributed by atoms with Gasteiger partial charge in [0.25, 0.3) is 0 Å². The van der Waals surface area contributed by atoms with Gasteiger partial charge < -0.3 is 5.32 Å². The zero-order valence-corrected chi connectivity index (χ0v) is 13.5. The van der Waals surface area contributed by atoms with Gasteiger partial charge in [0.1, 0.15) is 0 Å². The average Bonchev–Trinajstić information content (AvgIpc) is 2.34. The van der Waals surface area contributed by atoms with Crippen LogP contribution in [0.15, 0.2) is 18.2 Å². The number of carbonyl (C=O) groups excluding carboxylic acids is 1. The van der Waals surface area contributed by atoms with E-state index in [9.17, 15) is 4.79 Å². The van der Waals surface area contributed by atoms with Gasteiger partial charge >= 0.3 is 0 Å². The Balaban J connectivity index is 2.29. The maximum absolute atomic E-state index is 11.7. The van der Waals surface area contributed by atoms with Gasteiger partial charge in [-0.2, -0.15) is 0 Å². The number of rotatable bonds is 7. The Bertz CT molecular complexity index is 426. The highest BCUT2D eigenvalue weighted by Crippen LogP contribution is 2.24. The Kier molecular flexibility index (Phi) is 7.66. The first-order chi connectivity index (χ1) is 9.02. The van der Waals surface area contributed by atoms with Crippen LogP contribution < -0.4 is 5.32 Å². The lowest BCUT2D eigenvalue weighted by molar-refractivity contribution is -0.119. The van der Waals surface area contributed by atoms with Crippen LogP contribution in [-0.2, 0) is 10.5 Å². The molecule has 1 aromatic rings. The third-order valence-electron chi connectivity index (χ3n) is 2.61. The minimum atomic E-state index is 0.0889. The smallest absolute Gasteiger partial charge is 0.230 e. The molecule has 0 heterocycles. The summed E-state index contributed by atoms with van der Waals surface area (Å²) in [6, 6.07) is 5.80. The van der Waals surface area contributed by atoms with Gasteiger partial charge in [0, 0.05) is 11.8 Å². The molecule has 0 saturated heterocycles. The first-order valence-electron chi connectivity index (χ1n) is 6.34. The fourth-order valence-electron chi connectivity index (χ4n) is 1.71. The van der Waals surface area contributed by atoms with E-state index in [-0.39, 0.29) is 11.9 Å². The quantitative estimate of drug-likeness (QED) is 0.799. The largest absolute Gasteiger partial charge is 0.353 e. The molecule has 0 unspecified atom stereocenters. The van der Waals surface area contributed by atoms with Crippen molar-refractivity contribution in [2.75, 3.05) is 5.75 Å². The van der Waals surface area contributed by atoms with Crippen LogP contribution in [0.2, 0.25) is 10.0 Å². The first kappa shape index (κ1) is 16.7. The van der Waals surface area contributed by atoms with Gasteiger partial charge in [0.2, 0.25) is 5.91 Å². The molecule has 19 heavy (non-hydrogen) atoms. The molecule has 1 N–H and O–H groups in total. The third-order valence-corrected chi connectivity index (χ3v) is 4.36. The highest BCUT2D eigenvalue weighted by atomic mass is 35.5. The van der Waals surface area contributed by atoms with Crippen molar-refractivity contribution in [3.05, 3.63) is 33.8 Å². The standard InChI is InChI=1S/C14H19Cl2NOS/c1-3-4-10(2)17-14(18)9-19-8-11-5-6-12(15)13(16)7-11/h5-7,10H,3-4,8-9H2,1-2H3,(H,17,18)/t10-/m1/s1. The van der Waals surface area contributed by atoms with Gasteiger partial charge in [-0.15, -0.1) is 11.8 Å². The maximum Gasteiger partial charge on any atom is 0.230 e. The third kappa shape index (κ3) is 6.55. The Morgan fingerprint density at radius 3 is 2.74 bits per heavy atom. The van der Waals surface area contributed by atoms with E-state index in [0.29, 0.717) is 15.8 Å². The number of amides is 1. The van der Waals surface area contributed by atoms with Crippen molar-refractivity contribution in [1.29, 1.82) is 0 Å². The SMILES string of the molecule is CCC[C@@H](C)NC(=O)CSCc1ccc(Cl)c(Cl)c1. The molecule has 0 aromatic heterocycles. The predicted octanol–water partition coefficient (Wildman–Crippen LogP) is 4.53. The molecule has 0 saturated carbocycles. The van der Waals surface area contributed by atoms with E-state index >= 15 is 0 Å². The molecule has 1 aromatic carbocycles. The van der Waals surface area contributed by atoms with Gasteiger partial charge in [0.05, 0.1) is 15.8 Å². The molecule has 0 aliphatic rings. The van der Waals surface area contributed by atoms with Crippen LogP contribution in [0.4, 0.5) is 0 Å². The van der Waals surface area contributed by atoms with E-state index in [1.165, 1.54) is 0 Å². The molecule has 5 heteroatoms. The molecule has 0 radical (unpaired) electrons. The lowest BCUT2D eigenvalue weighted by Crippen LogP contribution is -2.33. The van der Waals surface area contributed by atoms with Crippen molar-refractivity contribution < 1.29 is 4.79 Å². The number of hydrogen-bond donors (Lipinski definition) is 1. The monoisotopic (exact) mass is 319 g/mol. The Labute approximate surface area is 129 Å². The number of benzene rings is 1. The van der Waals surface area contributed by atoms with Crippen molar-refractivity contribution in [3.8, 4) is 0 Å². The Morgan fingerprint density at radius 2 is 2.11 bits per heavy atom. The normalized spacial score (nSPS) is 12.2. The summed E-state index contributed by atoms with van der Waals surface area (Å²) in [5.74, 6) is 1.31. The van der Waals surface area contributed by atoms with E-state index in [0.717, 1.165) is 24.2 Å². The first-order valence-corrected chi connectivity index (χ1v) is 8.25. The van der Waals surface area contributed by atoms with Crippen LogP contribution in [0, 0.1) is 0 Å². The molecule has 0 bridgehead atoms. The zero-order valence-electron chi connectivity index (χ0n) is 11.2. The van der Waals surface area contributed by atoms with Crippen LogP contribution in [0.3, 0.4) is 0 Å². The van der Waals surface area contributed by atoms with Crippen LogP contribution in [0.25, 0.3) is 0 Å². The molecule has 1 amide bonds. The summed E-state index contributed by atoms with van der Waals surface area (Å²) in [6.07, 6.45) is 2.10. The van der Waals surface area contributed by atoms with Crippen molar-refractivity contribution in [1.82, 2.24) is 5.32 Å². The number of halogens is 2. The van der Waals surface area contributed by atoms with Crippen LogP contribution in [0.5, 0.6) is 0 Å². The van der Waals surface area contributed by atoms with Crippen LogP contribution in [-0.4, -0.2) is 17.7 Å². The fraction of sp³-hybridized carbons (Fsp3) is 0.500. The van der Waals surface area contributed by atoms with Gasteiger partial charge in [-0.3, -0.25) is 4.79 Å². The van der Waals surface area contributed by atoms with E-state index in [4.69, 9.17) is 23.2 Å². The van der Waals surface area contributed by atoms with Crippen molar-refractivity contribution >= 4 is 40.9 Å². The lowest BCUT2D eigenvalue weighted by Gasteiger charge is -2.12. The minimum absolute atomic E-state index is 0.0889. The summed E-state index contributed by atoms with van der Waals surface area (Å²) in [7, 11) is 0. The summed E-state index contributed by atoms with van der Waals surface area (Å²) in [5, 5.41) is 4.09. The molecule has 1 atom stereocenters. The molecular formula is C14H19Cl2NOS. The summed E-state index contributed by atoms with van der Waals surface area (Å²) in [4.78, 5) is 11.7. The second-order valence-electron chi connectivity index (χ2n) is 4.50. The van der Waals surface area contributed by atoms with Gasteiger partial charge in [-0.25, -0.2) is 0 Å². The maximum atomic E-state index is 11.7. The summed E-state index contributed by atoms with van der Waals surface area (Å²) >= 11 is 13.4. The predicted molar refractivity (Wildman–Crippen MR) is 85.1 cm³/mol. The highest BCUT2D eigenvalue weighted by Gasteiger charge is 2.07. The Morgan fingerprint density at radius 1 is 1.37 bits per heavy atom. The molecule has 0 spiro atoms. The molecule has 2 nitrogen and oxygen atoms in total. The molecule has 106 valence electrons. The van der Waals surface area contributed by atoms with Gasteiger partial charge in [-0.05, 0) is 31.0 Å². The summed E-state index contributed by atoms with van der Waals surface area (Å²) in [6.45, 7) is 4.15. The van der Waals surface area contributed by atoms with Crippen LogP contribution >= 0.6 is 35.0 Å². The molecule has 0 aliphatic heterocycles. The molecule has 1 rings (SSSR count). The highest BCUT2D eigenvalue weighted by molar-refractivity contribution is 7.99. The molecule has 0 fully saturated rings. The van der Waals surface area contributed by atoms with E-state index in [1.807, 2.05) is 19.1 Å². The summed E-state index contributed by atoms with van der Waals surface area (Å²) < 4.78 is 0. The fourth-order valence-corrected chi connectivity index (χ4v) is 2.82. The second kappa shape index (κ2) is 8.72. The van der Waals surface area contributed by atoms with E-state index in [1.54, 1.807) is 17.8 Å². The number of carbonyl (C=O) groups is 1. The van der Waals surface area contributed by atoms with Crippen molar-refractivity contribution in [2.24, 2.45) is 0 Å². The Hall–Kier alpha value is -0.380. The van der Waals surface area contributed by atoms with Crippen molar-refractivity contribution in [3.63, 3.8) is 0 Å². The molecular weight excluding hydrogens is 301 g/mol. The number of nitrogens with one attached hydrogen (secondary N) is 1. The second-order valence-corrected chi connectivity index (χ2v) is 6.30.